The standard InChI is InChI=1S/C19H13NO5S/c1-3-8-20-17(21)16(26-19(20)24)10-13-6-7-15(25-13)14-9-12(18(22)23)5-4-11(14)2/h1,4-7,9-10H,8H2,2H3,(H,22,23)/b16-10-. The van der Waals surface area contributed by atoms with Crippen LogP contribution in [0.25, 0.3) is 17.4 Å². The van der Waals surface area contributed by atoms with Crippen molar-refractivity contribution in [2.45, 2.75) is 6.92 Å². The van der Waals surface area contributed by atoms with Gasteiger partial charge in [0.1, 0.15) is 11.5 Å². The van der Waals surface area contributed by atoms with Gasteiger partial charge in [-0.3, -0.25) is 14.5 Å². The first-order valence-corrected chi connectivity index (χ1v) is 8.35. The fourth-order valence-corrected chi connectivity index (χ4v) is 3.27. The molecule has 0 unspecified atom stereocenters. The summed E-state index contributed by atoms with van der Waals surface area (Å²) < 4.78 is 5.72. The summed E-state index contributed by atoms with van der Waals surface area (Å²) in [6, 6.07) is 8.09. The maximum absolute atomic E-state index is 12.2. The number of amides is 2. The van der Waals surface area contributed by atoms with Crippen LogP contribution in [0.4, 0.5) is 4.79 Å². The lowest BCUT2D eigenvalue weighted by atomic mass is 10.0. The van der Waals surface area contributed by atoms with Crippen molar-refractivity contribution in [2.75, 3.05) is 6.54 Å². The first kappa shape index (κ1) is 17.6. The number of nitrogens with zero attached hydrogens (tertiary/aromatic N) is 1. The van der Waals surface area contributed by atoms with Crippen LogP contribution in [0.2, 0.25) is 0 Å². The van der Waals surface area contributed by atoms with Gasteiger partial charge >= 0.3 is 5.97 Å². The maximum atomic E-state index is 12.2. The zero-order valence-electron chi connectivity index (χ0n) is 13.7. The molecule has 2 aromatic rings. The summed E-state index contributed by atoms with van der Waals surface area (Å²) in [5, 5.41) is 8.71. The Bertz CT molecular complexity index is 996. The van der Waals surface area contributed by atoms with Gasteiger partial charge in [-0.2, -0.15) is 0 Å². The third-order valence-corrected chi connectivity index (χ3v) is 4.68. The van der Waals surface area contributed by atoms with Gasteiger partial charge in [-0.1, -0.05) is 12.0 Å². The Morgan fingerprint density at radius 3 is 2.81 bits per heavy atom. The molecular weight excluding hydrogens is 354 g/mol. The monoisotopic (exact) mass is 367 g/mol. The first-order valence-electron chi connectivity index (χ1n) is 7.53. The fraction of sp³-hybridized carbons (Fsp3) is 0.105. The van der Waals surface area contributed by atoms with E-state index in [-0.39, 0.29) is 17.0 Å². The number of carboxylic acids is 1. The van der Waals surface area contributed by atoms with Gasteiger partial charge in [0, 0.05) is 11.6 Å². The Morgan fingerprint density at radius 1 is 1.35 bits per heavy atom. The quantitative estimate of drug-likeness (QED) is 0.656. The third-order valence-electron chi connectivity index (χ3n) is 3.77. The Kier molecular flexibility index (Phi) is 4.69. The van der Waals surface area contributed by atoms with Crippen molar-refractivity contribution in [1.29, 1.82) is 0 Å². The highest BCUT2D eigenvalue weighted by molar-refractivity contribution is 8.18. The molecule has 1 aliphatic rings. The highest BCUT2D eigenvalue weighted by atomic mass is 32.2. The molecule has 1 aliphatic heterocycles. The number of hydrogen-bond donors (Lipinski definition) is 1. The van der Waals surface area contributed by atoms with Crippen LogP contribution in [-0.4, -0.2) is 33.7 Å². The summed E-state index contributed by atoms with van der Waals surface area (Å²) in [7, 11) is 0. The van der Waals surface area contributed by atoms with E-state index in [0.717, 1.165) is 22.2 Å². The number of rotatable bonds is 4. The molecule has 0 saturated carbocycles. The first-order chi connectivity index (χ1) is 12.4. The van der Waals surface area contributed by atoms with Crippen molar-refractivity contribution < 1.29 is 23.9 Å². The summed E-state index contributed by atoms with van der Waals surface area (Å²) in [6.07, 6.45) is 6.63. The van der Waals surface area contributed by atoms with Crippen molar-refractivity contribution in [3.8, 4) is 23.7 Å². The van der Waals surface area contributed by atoms with Gasteiger partial charge in [-0.05, 0) is 48.5 Å². The van der Waals surface area contributed by atoms with Gasteiger partial charge in [-0.25, -0.2) is 4.79 Å². The number of terminal acetylenes is 1. The van der Waals surface area contributed by atoms with Crippen LogP contribution in [0.3, 0.4) is 0 Å². The van der Waals surface area contributed by atoms with Crippen molar-refractivity contribution in [3.05, 3.63) is 52.1 Å². The minimum absolute atomic E-state index is 0.0768. The summed E-state index contributed by atoms with van der Waals surface area (Å²) in [6.45, 7) is 1.76. The van der Waals surface area contributed by atoms with Crippen LogP contribution in [-0.2, 0) is 4.79 Å². The third kappa shape index (κ3) is 3.27. The normalized spacial score (nSPS) is 15.5. The number of hydrogen-bond acceptors (Lipinski definition) is 5. The largest absolute Gasteiger partial charge is 0.478 e. The number of benzene rings is 1. The molecule has 1 aromatic carbocycles. The molecule has 2 heterocycles. The van der Waals surface area contributed by atoms with E-state index in [9.17, 15) is 14.4 Å². The Morgan fingerprint density at radius 2 is 2.12 bits per heavy atom. The van der Waals surface area contributed by atoms with E-state index < -0.39 is 17.1 Å². The molecule has 1 aromatic heterocycles. The Labute approximate surface area is 153 Å². The van der Waals surface area contributed by atoms with Crippen LogP contribution in [0.1, 0.15) is 21.7 Å². The highest BCUT2D eigenvalue weighted by Gasteiger charge is 2.34. The molecule has 0 bridgehead atoms. The lowest BCUT2D eigenvalue weighted by Crippen LogP contribution is -2.28. The molecule has 0 spiro atoms. The van der Waals surface area contributed by atoms with E-state index in [0.29, 0.717) is 17.1 Å². The van der Waals surface area contributed by atoms with E-state index in [4.69, 9.17) is 15.9 Å². The van der Waals surface area contributed by atoms with Gasteiger partial charge in [0.2, 0.25) is 0 Å². The number of carbonyl (C=O) groups excluding carboxylic acids is 2. The topological polar surface area (TPSA) is 87.8 Å². The second kappa shape index (κ2) is 6.94. The molecule has 0 radical (unpaired) electrons. The molecule has 1 saturated heterocycles. The van der Waals surface area contributed by atoms with E-state index in [1.54, 1.807) is 18.2 Å². The molecule has 0 aliphatic carbocycles. The number of imide groups is 1. The smallest absolute Gasteiger partial charge is 0.335 e. The Balaban J connectivity index is 1.91. The van der Waals surface area contributed by atoms with Crippen LogP contribution >= 0.6 is 11.8 Å². The van der Waals surface area contributed by atoms with Crippen LogP contribution in [0.15, 0.2) is 39.7 Å². The summed E-state index contributed by atoms with van der Waals surface area (Å²) in [5.41, 5.74) is 1.65. The lowest BCUT2D eigenvalue weighted by Gasteiger charge is -2.06. The second-order valence-electron chi connectivity index (χ2n) is 5.51. The minimum atomic E-state index is -1.03. The van der Waals surface area contributed by atoms with Crippen molar-refractivity contribution in [3.63, 3.8) is 0 Å². The number of thioether (sulfide) groups is 1. The zero-order valence-corrected chi connectivity index (χ0v) is 14.5. The second-order valence-corrected chi connectivity index (χ2v) is 6.50. The van der Waals surface area contributed by atoms with E-state index in [1.165, 1.54) is 18.2 Å². The van der Waals surface area contributed by atoms with Gasteiger partial charge in [0.15, 0.2) is 0 Å². The highest BCUT2D eigenvalue weighted by Crippen LogP contribution is 2.33. The van der Waals surface area contributed by atoms with E-state index in [2.05, 4.69) is 5.92 Å². The SMILES string of the molecule is C#CCN1C(=O)S/C(=C\c2ccc(-c3cc(C(=O)O)ccc3C)o2)C1=O. The number of furan rings is 1. The van der Waals surface area contributed by atoms with E-state index in [1.807, 2.05) is 6.92 Å². The number of aryl methyl sites for hydroxylation is 1. The predicted octanol–water partition coefficient (Wildman–Crippen LogP) is 3.62. The van der Waals surface area contributed by atoms with Crippen LogP contribution < -0.4 is 0 Å². The van der Waals surface area contributed by atoms with Crippen molar-refractivity contribution in [1.82, 2.24) is 4.90 Å². The van der Waals surface area contributed by atoms with Crippen molar-refractivity contribution >= 4 is 35.0 Å². The maximum Gasteiger partial charge on any atom is 0.335 e. The molecule has 1 fully saturated rings. The molecule has 7 heteroatoms. The van der Waals surface area contributed by atoms with E-state index >= 15 is 0 Å². The summed E-state index contributed by atoms with van der Waals surface area (Å²) in [4.78, 5) is 36.3. The predicted molar refractivity (Wildman–Crippen MR) is 97.4 cm³/mol. The van der Waals surface area contributed by atoms with Gasteiger partial charge in [-0.15, -0.1) is 6.42 Å². The number of carbonyl (C=O) groups is 3. The van der Waals surface area contributed by atoms with Gasteiger partial charge < -0.3 is 9.52 Å². The minimum Gasteiger partial charge on any atom is -0.478 e. The lowest BCUT2D eigenvalue weighted by molar-refractivity contribution is -0.122. The average molecular weight is 367 g/mol. The zero-order chi connectivity index (χ0) is 18.8. The molecule has 2 amide bonds. The fourth-order valence-electron chi connectivity index (χ4n) is 2.45. The van der Waals surface area contributed by atoms with Crippen LogP contribution in [0.5, 0.6) is 0 Å². The van der Waals surface area contributed by atoms with Gasteiger partial charge in [0.25, 0.3) is 11.1 Å². The van der Waals surface area contributed by atoms with Crippen LogP contribution in [0, 0.1) is 19.3 Å². The summed E-state index contributed by atoms with van der Waals surface area (Å²) >= 11 is 0.796. The average Bonchev–Trinajstić information content (AvgIpc) is 3.16. The van der Waals surface area contributed by atoms with Crippen molar-refractivity contribution in [2.24, 2.45) is 0 Å². The molecule has 6 nitrogen and oxygen atoms in total. The number of aromatic carboxylic acids is 1. The molecule has 3 rings (SSSR count). The molecule has 1 N–H and O–H groups in total. The number of carboxylic acid groups (broad SMARTS) is 1. The Hall–Kier alpha value is -3.24. The molecule has 130 valence electrons. The summed E-state index contributed by atoms with van der Waals surface area (Å²) in [5.74, 6) is 1.64. The molecule has 26 heavy (non-hydrogen) atoms. The van der Waals surface area contributed by atoms with Gasteiger partial charge in [0.05, 0.1) is 17.0 Å². The molecular formula is C19H13NO5S. The molecule has 0 atom stereocenters.